The molecule has 1 saturated heterocycles. The van der Waals surface area contributed by atoms with Gasteiger partial charge in [0.15, 0.2) is 0 Å². The van der Waals surface area contributed by atoms with Gasteiger partial charge in [-0.25, -0.2) is 0 Å². The average Bonchev–Trinajstić information content (AvgIpc) is 3.25. The van der Waals surface area contributed by atoms with Crippen LogP contribution in [0.25, 0.3) is 0 Å². The van der Waals surface area contributed by atoms with Crippen molar-refractivity contribution < 1.29 is 4.74 Å². The van der Waals surface area contributed by atoms with Gasteiger partial charge < -0.3 is 10.1 Å². The highest BCUT2D eigenvalue weighted by molar-refractivity contribution is 6.31. The molecule has 2 unspecified atom stereocenters. The van der Waals surface area contributed by atoms with E-state index >= 15 is 0 Å². The summed E-state index contributed by atoms with van der Waals surface area (Å²) in [6, 6.07) is 8.31. The summed E-state index contributed by atoms with van der Waals surface area (Å²) >= 11 is 6.44. The monoisotopic (exact) mass is 279 g/mol. The first-order chi connectivity index (χ1) is 9.28. The predicted molar refractivity (Wildman–Crippen MR) is 78.7 cm³/mol. The van der Waals surface area contributed by atoms with Crippen molar-refractivity contribution in [3.8, 4) is 0 Å². The Balaban J connectivity index is 1.98. The van der Waals surface area contributed by atoms with Crippen LogP contribution in [0.3, 0.4) is 0 Å². The van der Waals surface area contributed by atoms with Crippen molar-refractivity contribution in [1.82, 2.24) is 5.32 Å². The summed E-state index contributed by atoms with van der Waals surface area (Å²) in [7, 11) is 1.83. The Morgan fingerprint density at radius 1 is 1.37 bits per heavy atom. The first-order valence-corrected chi connectivity index (χ1v) is 7.60. The summed E-state index contributed by atoms with van der Waals surface area (Å²) in [5, 5.41) is 4.44. The van der Waals surface area contributed by atoms with Crippen molar-refractivity contribution in [2.24, 2.45) is 11.3 Å². The van der Waals surface area contributed by atoms with E-state index in [1.807, 2.05) is 19.2 Å². The van der Waals surface area contributed by atoms with Crippen LogP contribution in [0.15, 0.2) is 24.3 Å². The fraction of sp³-hybridized carbons (Fsp3) is 0.625. The Labute approximate surface area is 120 Å². The van der Waals surface area contributed by atoms with E-state index in [-0.39, 0.29) is 5.41 Å². The molecule has 2 atom stereocenters. The Morgan fingerprint density at radius 3 is 2.84 bits per heavy atom. The number of nitrogens with one attached hydrogen (secondary N) is 1. The zero-order valence-electron chi connectivity index (χ0n) is 11.5. The van der Waals surface area contributed by atoms with Gasteiger partial charge in [0.1, 0.15) is 0 Å². The second kappa shape index (κ2) is 5.43. The molecule has 104 valence electrons. The largest absolute Gasteiger partial charge is 0.384 e. The van der Waals surface area contributed by atoms with Gasteiger partial charge in [0.25, 0.3) is 0 Å². The van der Waals surface area contributed by atoms with Crippen LogP contribution >= 0.6 is 11.6 Å². The number of methoxy groups -OCH3 is 1. The average molecular weight is 280 g/mol. The zero-order valence-corrected chi connectivity index (χ0v) is 12.2. The molecule has 0 aromatic heterocycles. The van der Waals surface area contributed by atoms with Crippen molar-refractivity contribution in [2.45, 2.75) is 25.2 Å². The van der Waals surface area contributed by atoms with Crippen LogP contribution in [0, 0.1) is 11.3 Å². The minimum atomic E-state index is 0.283. The molecule has 2 nitrogen and oxygen atoms in total. The number of piperidine rings is 1. The fourth-order valence-corrected chi connectivity index (χ4v) is 4.10. The predicted octanol–water partition coefficient (Wildman–Crippen LogP) is 3.46. The van der Waals surface area contributed by atoms with E-state index in [0.717, 1.165) is 30.6 Å². The highest BCUT2D eigenvalue weighted by atomic mass is 35.5. The quantitative estimate of drug-likeness (QED) is 0.911. The molecular weight excluding hydrogens is 258 g/mol. The molecule has 2 fully saturated rings. The molecule has 0 bridgehead atoms. The maximum atomic E-state index is 6.44. The van der Waals surface area contributed by atoms with Crippen molar-refractivity contribution in [1.29, 1.82) is 0 Å². The van der Waals surface area contributed by atoms with E-state index in [1.165, 1.54) is 24.8 Å². The molecule has 1 N–H and O–H groups in total. The zero-order chi connectivity index (χ0) is 13.3. The summed E-state index contributed by atoms with van der Waals surface area (Å²) in [6.07, 6.45) is 3.90. The molecule has 19 heavy (non-hydrogen) atoms. The van der Waals surface area contributed by atoms with Crippen LogP contribution in [0.2, 0.25) is 5.02 Å². The molecule has 1 saturated carbocycles. The lowest BCUT2D eigenvalue weighted by Gasteiger charge is -2.45. The minimum absolute atomic E-state index is 0.283. The van der Waals surface area contributed by atoms with Crippen LogP contribution in [-0.2, 0) is 4.74 Å². The highest BCUT2D eigenvalue weighted by Gasteiger charge is 2.51. The van der Waals surface area contributed by atoms with Gasteiger partial charge in [0.2, 0.25) is 0 Å². The van der Waals surface area contributed by atoms with E-state index in [1.54, 1.807) is 0 Å². The van der Waals surface area contributed by atoms with Gasteiger partial charge in [0.05, 0.1) is 6.61 Å². The first kappa shape index (κ1) is 13.4. The van der Waals surface area contributed by atoms with Crippen LogP contribution in [0.1, 0.15) is 30.7 Å². The highest BCUT2D eigenvalue weighted by Crippen LogP contribution is 2.57. The van der Waals surface area contributed by atoms with Crippen molar-refractivity contribution in [2.75, 3.05) is 26.8 Å². The second-order valence-corrected chi connectivity index (χ2v) is 6.38. The molecule has 2 aliphatic rings. The Morgan fingerprint density at radius 2 is 2.16 bits per heavy atom. The van der Waals surface area contributed by atoms with Crippen molar-refractivity contribution in [3.63, 3.8) is 0 Å². The summed E-state index contributed by atoms with van der Waals surface area (Å²) in [4.78, 5) is 0. The number of rotatable bonds is 4. The minimum Gasteiger partial charge on any atom is -0.384 e. The fourth-order valence-electron chi connectivity index (χ4n) is 3.83. The summed E-state index contributed by atoms with van der Waals surface area (Å²) in [5.41, 5.74) is 1.57. The van der Waals surface area contributed by atoms with E-state index in [0.29, 0.717) is 5.92 Å². The summed E-state index contributed by atoms with van der Waals surface area (Å²) in [5.74, 6) is 1.29. The van der Waals surface area contributed by atoms with Crippen molar-refractivity contribution in [3.05, 3.63) is 34.9 Å². The van der Waals surface area contributed by atoms with Gasteiger partial charge in [-0.1, -0.05) is 29.8 Å². The van der Waals surface area contributed by atoms with Crippen LogP contribution in [0.4, 0.5) is 0 Å². The summed E-state index contributed by atoms with van der Waals surface area (Å²) in [6.45, 7) is 2.97. The number of halogens is 1. The van der Waals surface area contributed by atoms with Gasteiger partial charge >= 0.3 is 0 Å². The van der Waals surface area contributed by atoms with Crippen LogP contribution < -0.4 is 5.32 Å². The molecule has 1 heterocycles. The smallest absolute Gasteiger partial charge is 0.0528 e. The van der Waals surface area contributed by atoms with Gasteiger partial charge in [0, 0.05) is 30.0 Å². The SMILES string of the molecule is COCC1(C2CC2)CCNCC1c1ccccc1Cl. The molecule has 1 aromatic carbocycles. The lowest BCUT2D eigenvalue weighted by molar-refractivity contribution is 0.0184. The Bertz CT molecular complexity index is 442. The van der Waals surface area contributed by atoms with E-state index in [2.05, 4.69) is 17.4 Å². The molecule has 1 aromatic rings. The Hall–Kier alpha value is -0.570. The molecular formula is C16H22ClNO. The number of benzene rings is 1. The maximum Gasteiger partial charge on any atom is 0.0528 e. The van der Waals surface area contributed by atoms with Crippen molar-refractivity contribution >= 4 is 11.6 Å². The van der Waals surface area contributed by atoms with E-state index in [4.69, 9.17) is 16.3 Å². The third-order valence-corrected chi connectivity index (χ3v) is 5.24. The Kier molecular flexibility index (Phi) is 3.84. The molecule has 1 aliphatic carbocycles. The van der Waals surface area contributed by atoms with Gasteiger partial charge in [-0.3, -0.25) is 0 Å². The first-order valence-electron chi connectivity index (χ1n) is 7.22. The standard InChI is InChI=1S/C16H22ClNO/c1-19-11-16(12-6-7-12)8-9-18-10-14(16)13-4-2-3-5-15(13)17/h2-5,12,14,18H,6-11H2,1H3. The number of hydrogen-bond acceptors (Lipinski definition) is 2. The van der Waals surface area contributed by atoms with E-state index in [9.17, 15) is 0 Å². The maximum absolute atomic E-state index is 6.44. The molecule has 3 heteroatoms. The number of ether oxygens (including phenoxy) is 1. The molecule has 1 aliphatic heterocycles. The lowest BCUT2D eigenvalue weighted by Crippen LogP contribution is -2.47. The topological polar surface area (TPSA) is 21.3 Å². The lowest BCUT2D eigenvalue weighted by atomic mass is 9.65. The third kappa shape index (κ3) is 2.42. The van der Waals surface area contributed by atoms with E-state index < -0.39 is 0 Å². The normalized spacial score (nSPS) is 31.4. The molecule has 0 spiro atoms. The third-order valence-electron chi connectivity index (χ3n) is 4.89. The second-order valence-electron chi connectivity index (χ2n) is 5.97. The molecule has 3 rings (SSSR count). The summed E-state index contributed by atoms with van der Waals surface area (Å²) < 4.78 is 5.61. The van der Waals surface area contributed by atoms with Gasteiger partial charge in [-0.05, 0) is 43.4 Å². The van der Waals surface area contributed by atoms with Gasteiger partial charge in [-0.15, -0.1) is 0 Å². The van der Waals surface area contributed by atoms with Crippen LogP contribution in [0.5, 0.6) is 0 Å². The van der Waals surface area contributed by atoms with Crippen LogP contribution in [-0.4, -0.2) is 26.8 Å². The number of hydrogen-bond donors (Lipinski definition) is 1. The molecule has 0 amide bonds. The van der Waals surface area contributed by atoms with Gasteiger partial charge in [-0.2, -0.15) is 0 Å². The molecule has 0 radical (unpaired) electrons.